The molecule has 2 rings (SSSR count). The number of thioether (sulfide) groups is 1. The maximum Gasteiger partial charge on any atom is 0.446 e. The van der Waals surface area contributed by atoms with E-state index in [1.54, 1.807) is 6.07 Å². The number of halogens is 3. The van der Waals surface area contributed by atoms with Gasteiger partial charge in [-0.25, -0.2) is 8.42 Å². The molecule has 0 aliphatic heterocycles. The second kappa shape index (κ2) is 6.09. The molecule has 4 nitrogen and oxygen atoms in total. The molecule has 0 aliphatic rings. The molecule has 0 bridgehead atoms. The van der Waals surface area contributed by atoms with Crippen molar-refractivity contribution in [2.75, 3.05) is 10.5 Å². The summed E-state index contributed by atoms with van der Waals surface area (Å²) in [7, 11) is -3.97. The number of nitrogens with one attached hydrogen (secondary N) is 1. The summed E-state index contributed by atoms with van der Waals surface area (Å²) in [4.78, 5) is -0.252. The molecular formula is C13H11F3N2O2S2. The van der Waals surface area contributed by atoms with Crippen molar-refractivity contribution in [2.45, 2.75) is 15.3 Å². The maximum absolute atomic E-state index is 12.3. The van der Waals surface area contributed by atoms with Crippen LogP contribution in [0.3, 0.4) is 0 Å². The number of para-hydroxylation sites is 1. The number of nitrogens with two attached hydrogens (primary N) is 1. The number of anilines is 2. The molecule has 0 fully saturated rings. The highest BCUT2D eigenvalue weighted by atomic mass is 32.2. The lowest BCUT2D eigenvalue weighted by molar-refractivity contribution is -0.0328. The van der Waals surface area contributed by atoms with Crippen molar-refractivity contribution < 1.29 is 21.6 Å². The predicted octanol–water partition coefficient (Wildman–Crippen LogP) is 3.68. The predicted molar refractivity (Wildman–Crippen MR) is 80.0 cm³/mol. The zero-order valence-electron chi connectivity index (χ0n) is 11.0. The van der Waals surface area contributed by atoms with Crippen molar-refractivity contribution >= 4 is 33.2 Å². The van der Waals surface area contributed by atoms with Gasteiger partial charge in [0.05, 0.1) is 5.69 Å². The molecule has 0 amide bonds. The fourth-order valence-electron chi connectivity index (χ4n) is 1.69. The SMILES string of the molecule is Nc1ccccc1S(=O)(=O)Nc1cccc(SC(F)(F)F)c1. The van der Waals surface area contributed by atoms with Crippen LogP contribution in [0.15, 0.2) is 58.3 Å². The minimum Gasteiger partial charge on any atom is -0.398 e. The summed E-state index contributed by atoms with van der Waals surface area (Å²) in [6.45, 7) is 0. The molecule has 22 heavy (non-hydrogen) atoms. The van der Waals surface area contributed by atoms with Gasteiger partial charge in [0.1, 0.15) is 4.90 Å². The van der Waals surface area contributed by atoms with E-state index >= 15 is 0 Å². The number of alkyl halides is 3. The van der Waals surface area contributed by atoms with Gasteiger partial charge in [0, 0.05) is 10.6 Å². The summed E-state index contributed by atoms with van der Waals surface area (Å²) in [5.74, 6) is 0. The molecule has 0 radical (unpaired) electrons. The summed E-state index contributed by atoms with van der Waals surface area (Å²) in [6.07, 6.45) is 0. The quantitative estimate of drug-likeness (QED) is 0.653. The molecule has 0 spiro atoms. The second-order valence-corrected chi connectivity index (χ2v) is 7.01. The first-order valence-corrected chi connectivity index (χ1v) is 8.20. The molecule has 0 heterocycles. The van der Waals surface area contributed by atoms with E-state index in [0.29, 0.717) is 0 Å². The maximum atomic E-state index is 12.3. The zero-order chi connectivity index (χ0) is 16.4. The number of sulfonamides is 1. The summed E-state index contributed by atoms with van der Waals surface area (Å²) in [6, 6.07) is 10.9. The fourth-order valence-corrected chi connectivity index (χ4v) is 3.48. The van der Waals surface area contributed by atoms with E-state index in [2.05, 4.69) is 4.72 Å². The summed E-state index contributed by atoms with van der Waals surface area (Å²) >= 11 is -0.320. The van der Waals surface area contributed by atoms with Crippen molar-refractivity contribution in [1.29, 1.82) is 0 Å². The Bertz CT molecular complexity index is 777. The third kappa shape index (κ3) is 4.31. The average molecular weight is 348 g/mol. The van der Waals surface area contributed by atoms with E-state index in [9.17, 15) is 21.6 Å². The van der Waals surface area contributed by atoms with E-state index in [0.717, 1.165) is 6.07 Å². The standard InChI is InChI=1S/C13H11F3N2O2S2/c14-13(15,16)21-10-5-3-4-9(8-10)18-22(19,20)12-7-2-1-6-11(12)17/h1-8,18H,17H2. The van der Waals surface area contributed by atoms with Crippen LogP contribution in [-0.2, 0) is 10.0 Å². The third-order valence-electron chi connectivity index (χ3n) is 2.53. The molecule has 3 N–H and O–H groups in total. The molecule has 0 unspecified atom stereocenters. The Morgan fingerprint density at radius 1 is 1.05 bits per heavy atom. The first-order chi connectivity index (χ1) is 10.2. The third-order valence-corrected chi connectivity index (χ3v) is 4.70. The highest BCUT2D eigenvalue weighted by Gasteiger charge is 2.29. The van der Waals surface area contributed by atoms with Crippen molar-refractivity contribution in [3.8, 4) is 0 Å². The van der Waals surface area contributed by atoms with E-state index in [-0.39, 0.29) is 32.9 Å². The van der Waals surface area contributed by atoms with Crippen molar-refractivity contribution in [2.24, 2.45) is 0 Å². The van der Waals surface area contributed by atoms with Crippen molar-refractivity contribution in [3.63, 3.8) is 0 Å². The summed E-state index contributed by atoms with van der Waals surface area (Å²) < 4.78 is 63.6. The van der Waals surface area contributed by atoms with Gasteiger partial charge in [-0.1, -0.05) is 18.2 Å². The van der Waals surface area contributed by atoms with E-state index in [4.69, 9.17) is 5.73 Å². The number of nitrogen functional groups attached to an aromatic ring is 1. The largest absolute Gasteiger partial charge is 0.446 e. The van der Waals surface area contributed by atoms with Crippen LogP contribution in [0.2, 0.25) is 0 Å². The molecule has 0 aromatic heterocycles. The average Bonchev–Trinajstić information content (AvgIpc) is 2.36. The minimum absolute atomic E-state index is 0.0255. The smallest absolute Gasteiger partial charge is 0.398 e. The molecule has 118 valence electrons. The van der Waals surface area contributed by atoms with Crippen LogP contribution in [0.5, 0.6) is 0 Å². The highest BCUT2D eigenvalue weighted by molar-refractivity contribution is 8.00. The molecule has 9 heteroatoms. The number of rotatable bonds is 4. The summed E-state index contributed by atoms with van der Waals surface area (Å²) in [5.41, 5.74) is 1.24. The van der Waals surface area contributed by atoms with Gasteiger partial charge < -0.3 is 5.73 Å². The fraction of sp³-hybridized carbons (Fsp3) is 0.0769. The van der Waals surface area contributed by atoms with Crippen LogP contribution in [-0.4, -0.2) is 13.9 Å². The van der Waals surface area contributed by atoms with Gasteiger partial charge in [0.25, 0.3) is 10.0 Å². The number of hydrogen-bond acceptors (Lipinski definition) is 4. The monoisotopic (exact) mass is 348 g/mol. The Morgan fingerprint density at radius 2 is 1.73 bits per heavy atom. The molecule has 2 aromatic carbocycles. The van der Waals surface area contributed by atoms with Gasteiger partial charge in [0.15, 0.2) is 0 Å². The molecule has 2 aromatic rings. The van der Waals surface area contributed by atoms with E-state index in [1.807, 2.05) is 0 Å². The lowest BCUT2D eigenvalue weighted by Gasteiger charge is -2.11. The van der Waals surface area contributed by atoms with E-state index < -0.39 is 15.5 Å². The first-order valence-electron chi connectivity index (χ1n) is 5.90. The highest BCUT2D eigenvalue weighted by Crippen LogP contribution is 2.37. The van der Waals surface area contributed by atoms with Gasteiger partial charge in [-0.2, -0.15) is 13.2 Å². The first kappa shape index (κ1) is 16.5. The van der Waals surface area contributed by atoms with Crippen LogP contribution >= 0.6 is 11.8 Å². The topological polar surface area (TPSA) is 72.2 Å². The Hall–Kier alpha value is -1.87. The Kier molecular flexibility index (Phi) is 4.57. The lowest BCUT2D eigenvalue weighted by atomic mass is 10.3. The zero-order valence-corrected chi connectivity index (χ0v) is 12.6. The van der Waals surface area contributed by atoms with Gasteiger partial charge in [-0.05, 0) is 42.1 Å². The van der Waals surface area contributed by atoms with E-state index in [1.165, 1.54) is 36.4 Å². The van der Waals surface area contributed by atoms with Gasteiger partial charge in [-0.15, -0.1) is 0 Å². The van der Waals surface area contributed by atoms with Crippen LogP contribution in [0.4, 0.5) is 24.5 Å². The van der Waals surface area contributed by atoms with Crippen LogP contribution in [0.1, 0.15) is 0 Å². The van der Waals surface area contributed by atoms with Gasteiger partial charge >= 0.3 is 5.51 Å². The Balaban J connectivity index is 2.27. The Morgan fingerprint density at radius 3 is 2.36 bits per heavy atom. The van der Waals surface area contributed by atoms with Crippen molar-refractivity contribution in [3.05, 3.63) is 48.5 Å². The lowest BCUT2D eigenvalue weighted by Crippen LogP contribution is -2.14. The number of hydrogen-bond donors (Lipinski definition) is 2. The van der Waals surface area contributed by atoms with Crippen LogP contribution in [0.25, 0.3) is 0 Å². The molecular weight excluding hydrogens is 337 g/mol. The number of benzene rings is 2. The molecule has 0 atom stereocenters. The normalized spacial score (nSPS) is 12.1. The molecule has 0 saturated heterocycles. The van der Waals surface area contributed by atoms with Crippen molar-refractivity contribution in [1.82, 2.24) is 0 Å². The Labute approximate surface area is 129 Å². The molecule has 0 aliphatic carbocycles. The minimum atomic E-state index is -4.44. The molecule has 0 saturated carbocycles. The van der Waals surface area contributed by atoms with Gasteiger partial charge in [-0.3, -0.25) is 4.72 Å². The van der Waals surface area contributed by atoms with Gasteiger partial charge in [0.2, 0.25) is 0 Å². The van der Waals surface area contributed by atoms with Crippen LogP contribution in [0, 0.1) is 0 Å². The second-order valence-electron chi connectivity index (χ2n) is 4.22. The summed E-state index contributed by atoms with van der Waals surface area (Å²) in [5, 5.41) is 0. The van der Waals surface area contributed by atoms with Crippen LogP contribution < -0.4 is 10.5 Å².